The number of rotatable bonds is 5. The van der Waals surface area contributed by atoms with E-state index in [2.05, 4.69) is 11.8 Å². The number of ether oxygens (including phenoxy) is 1. The molecule has 0 aliphatic carbocycles. The average Bonchev–Trinajstić information content (AvgIpc) is 2.58. The molecular weight excluding hydrogens is 300 g/mol. The molecule has 3 heteroatoms. The second-order valence-electron chi connectivity index (χ2n) is 5.58. The SMILES string of the molecule is CC(C)=COCCC#Cc1ccc(-c2ccc(C(=O)O)cc2)cc1. The predicted molar refractivity (Wildman–Crippen MR) is 95.7 cm³/mol. The molecule has 0 heterocycles. The van der Waals surface area contributed by atoms with Crippen LogP contribution in [0.3, 0.4) is 0 Å². The third-order valence-corrected chi connectivity index (χ3v) is 3.25. The first kappa shape index (κ1) is 17.4. The van der Waals surface area contributed by atoms with Crippen LogP contribution in [-0.4, -0.2) is 17.7 Å². The van der Waals surface area contributed by atoms with Gasteiger partial charge in [0.05, 0.1) is 18.4 Å². The molecule has 0 radical (unpaired) electrons. The van der Waals surface area contributed by atoms with Gasteiger partial charge in [-0.3, -0.25) is 0 Å². The summed E-state index contributed by atoms with van der Waals surface area (Å²) < 4.78 is 5.33. The lowest BCUT2D eigenvalue weighted by Crippen LogP contribution is -1.94. The molecule has 2 aromatic carbocycles. The van der Waals surface area contributed by atoms with E-state index in [1.54, 1.807) is 18.4 Å². The number of carboxylic acid groups (broad SMARTS) is 1. The first-order valence-corrected chi connectivity index (χ1v) is 7.74. The van der Waals surface area contributed by atoms with Gasteiger partial charge in [-0.05, 0) is 54.8 Å². The van der Waals surface area contributed by atoms with Gasteiger partial charge in [0.25, 0.3) is 0 Å². The standard InChI is InChI=1S/C21H20O3/c1-16(2)15-24-14-4-3-5-17-6-8-18(9-7-17)19-10-12-20(13-11-19)21(22)23/h6-13,15H,4,14H2,1-2H3,(H,22,23). The van der Waals surface area contributed by atoms with Crippen LogP contribution in [0, 0.1) is 11.8 Å². The van der Waals surface area contributed by atoms with Gasteiger partial charge < -0.3 is 9.84 Å². The second-order valence-corrected chi connectivity index (χ2v) is 5.58. The van der Waals surface area contributed by atoms with E-state index in [1.165, 1.54) is 0 Å². The van der Waals surface area contributed by atoms with Gasteiger partial charge in [-0.25, -0.2) is 4.79 Å². The molecule has 0 fully saturated rings. The third kappa shape index (κ3) is 5.33. The Kier molecular flexibility index (Phi) is 6.22. The lowest BCUT2D eigenvalue weighted by Gasteiger charge is -2.02. The van der Waals surface area contributed by atoms with Crippen LogP contribution >= 0.6 is 0 Å². The van der Waals surface area contributed by atoms with Crippen molar-refractivity contribution in [3.63, 3.8) is 0 Å². The Labute approximate surface area is 142 Å². The van der Waals surface area contributed by atoms with E-state index in [0.717, 1.165) is 22.3 Å². The van der Waals surface area contributed by atoms with Crippen molar-refractivity contribution in [2.45, 2.75) is 20.3 Å². The smallest absolute Gasteiger partial charge is 0.335 e. The van der Waals surface area contributed by atoms with Crippen LogP contribution in [0.2, 0.25) is 0 Å². The van der Waals surface area contributed by atoms with Crippen molar-refractivity contribution >= 4 is 5.97 Å². The van der Waals surface area contributed by atoms with Crippen LogP contribution in [0.1, 0.15) is 36.2 Å². The fourth-order valence-corrected chi connectivity index (χ4v) is 2.05. The highest BCUT2D eigenvalue weighted by Gasteiger charge is 2.02. The van der Waals surface area contributed by atoms with Gasteiger partial charge >= 0.3 is 5.97 Å². The van der Waals surface area contributed by atoms with Gasteiger partial charge in [-0.15, -0.1) is 0 Å². The summed E-state index contributed by atoms with van der Waals surface area (Å²) in [6, 6.07) is 14.7. The minimum absolute atomic E-state index is 0.288. The first-order valence-electron chi connectivity index (χ1n) is 7.74. The summed E-state index contributed by atoms with van der Waals surface area (Å²) in [4.78, 5) is 10.9. The lowest BCUT2D eigenvalue weighted by molar-refractivity contribution is 0.0697. The summed E-state index contributed by atoms with van der Waals surface area (Å²) in [5.74, 6) is 5.28. The fourth-order valence-electron chi connectivity index (χ4n) is 2.05. The quantitative estimate of drug-likeness (QED) is 0.492. The van der Waals surface area contributed by atoms with Gasteiger partial charge in [0.15, 0.2) is 0 Å². The molecule has 0 aliphatic heterocycles. The van der Waals surface area contributed by atoms with Crippen molar-refractivity contribution in [2.24, 2.45) is 0 Å². The molecule has 0 bridgehead atoms. The zero-order valence-electron chi connectivity index (χ0n) is 13.9. The zero-order valence-corrected chi connectivity index (χ0v) is 13.9. The molecule has 0 aromatic heterocycles. The maximum atomic E-state index is 10.9. The second kappa shape index (κ2) is 8.59. The van der Waals surface area contributed by atoms with E-state index in [9.17, 15) is 4.79 Å². The Morgan fingerprint density at radius 1 is 1.04 bits per heavy atom. The van der Waals surface area contributed by atoms with E-state index in [4.69, 9.17) is 9.84 Å². The van der Waals surface area contributed by atoms with Crippen molar-refractivity contribution in [3.8, 4) is 23.0 Å². The van der Waals surface area contributed by atoms with Crippen molar-refractivity contribution in [1.82, 2.24) is 0 Å². The molecule has 0 saturated heterocycles. The molecule has 3 nitrogen and oxygen atoms in total. The van der Waals surface area contributed by atoms with Crippen LogP contribution in [0.15, 0.2) is 60.4 Å². The minimum Gasteiger partial charge on any atom is -0.500 e. The highest BCUT2D eigenvalue weighted by molar-refractivity contribution is 5.88. The van der Waals surface area contributed by atoms with Crippen molar-refractivity contribution in [1.29, 1.82) is 0 Å². The van der Waals surface area contributed by atoms with E-state index in [-0.39, 0.29) is 5.56 Å². The number of carbonyl (C=O) groups is 1. The third-order valence-electron chi connectivity index (χ3n) is 3.25. The molecule has 24 heavy (non-hydrogen) atoms. The van der Waals surface area contributed by atoms with Crippen LogP contribution in [0.4, 0.5) is 0 Å². The summed E-state index contributed by atoms with van der Waals surface area (Å²) in [5, 5.41) is 8.92. The first-order chi connectivity index (χ1) is 11.6. The molecule has 2 rings (SSSR count). The highest BCUT2D eigenvalue weighted by Crippen LogP contribution is 2.20. The molecule has 0 unspecified atom stereocenters. The zero-order chi connectivity index (χ0) is 17.4. The van der Waals surface area contributed by atoms with Crippen LogP contribution in [0.25, 0.3) is 11.1 Å². The number of allylic oxidation sites excluding steroid dienone is 1. The van der Waals surface area contributed by atoms with Gasteiger partial charge in [-0.2, -0.15) is 0 Å². The molecular formula is C21H20O3. The molecule has 122 valence electrons. The van der Waals surface area contributed by atoms with Gasteiger partial charge in [0.1, 0.15) is 0 Å². The molecule has 0 saturated carbocycles. The van der Waals surface area contributed by atoms with Gasteiger partial charge in [0.2, 0.25) is 0 Å². The van der Waals surface area contributed by atoms with E-state index in [1.807, 2.05) is 50.2 Å². The van der Waals surface area contributed by atoms with Crippen molar-refractivity contribution < 1.29 is 14.6 Å². The molecule has 0 aliphatic rings. The minimum atomic E-state index is -0.916. The van der Waals surface area contributed by atoms with E-state index < -0.39 is 5.97 Å². The Bertz CT molecular complexity index is 769. The van der Waals surface area contributed by atoms with Gasteiger partial charge in [0, 0.05) is 12.0 Å². The molecule has 2 aromatic rings. The topological polar surface area (TPSA) is 46.5 Å². The Morgan fingerprint density at radius 3 is 2.17 bits per heavy atom. The Balaban J connectivity index is 1.95. The van der Waals surface area contributed by atoms with E-state index >= 15 is 0 Å². The van der Waals surface area contributed by atoms with Crippen LogP contribution < -0.4 is 0 Å². The predicted octanol–water partition coefficient (Wildman–Crippen LogP) is 4.73. The number of hydrogen-bond acceptors (Lipinski definition) is 2. The number of hydrogen-bond donors (Lipinski definition) is 1. The maximum absolute atomic E-state index is 10.9. The summed E-state index contributed by atoms with van der Waals surface area (Å²) >= 11 is 0. The van der Waals surface area contributed by atoms with Gasteiger partial charge in [-0.1, -0.05) is 36.1 Å². The molecule has 0 spiro atoms. The largest absolute Gasteiger partial charge is 0.500 e. The van der Waals surface area contributed by atoms with E-state index in [0.29, 0.717) is 13.0 Å². The summed E-state index contributed by atoms with van der Waals surface area (Å²) in [6.45, 7) is 4.57. The maximum Gasteiger partial charge on any atom is 0.335 e. The fraction of sp³-hybridized carbons (Fsp3) is 0.190. The monoisotopic (exact) mass is 320 g/mol. The van der Waals surface area contributed by atoms with Crippen LogP contribution in [-0.2, 0) is 4.74 Å². The van der Waals surface area contributed by atoms with Crippen LogP contribution in [0.5, 0.6) is 0 Å². The Morgan fingerprint density at radius 2 is 1.62 bits per heavy atom. The lowest BCUT2D eigenvalue weighted by atomic mass is 10.0. The molecule has 0 amide bonds. The average molecular weight is 320 g/mol. The van der Waals surface area contributed by atoms with Crippen molar-refractivity contribution in [2.75, 3.05) is 6.61 Å². The summed E-state index contributed by atoms with van der Waals surface area (Å²) in [6.07, 6.45) is 2.42. The number of aromatic carboxylic acids is 1. The Hall–Kier alpha value is -2.99. The van der Waals surface area contributed by atoms with Crippen molar-refractivity contribution in [3.05, 3.63) is 71.5 Å². The normalized spacial score (nSPS) is 9.58. The molecule has 0 atom stereocenters. The number of carboxylic acids is 1. The molecule has 1 N–H and O–H groups in total. The summed E-state index contributed by atoms with van der Waals surface area (Å²) in [7, 11) is 0. The highest BCUT2D eigenvalue weighted by atomic mass is 16.5. The number of benzene rings is 2. The summed E-state index contributed by atoms with van der Waals surface area (Å²) in [5.41, 5.74) is 4.38.